The fourth-order valence-electron chi connectivity index (χ4n) is 4.34. The first-order valence-corrected chi connectivity index (χ1v) is 10.8. The highest BCUT2D eigenvalue weighted by molar-refractivity contribution is 5.98. The van der Waals surface area contributed by atoms with Gasteiger partial charge in [-0.05, 0) is 52.1 Å². The Balaban J connectivity index is 0.00000300. The molecule has 1 aliphatic carbocycles. The van der Waals surface area contributed by atoms with E-state index in [2.05, 4.69) is 33.2 Å². The Morgan fingerprint density at radius 1 is 1.21 bits per heavy atom. The minimum Gasteiger partial charge on any atom is -0.354 e. The summed E-state index contributed by atoms with van der Waals surface area (Å²) in [5.41, 5.74) is 0.292. The van der Waals surface area contributed by atoms with Crippen LogP contribution in [0.4, 0.5) is 0 Å². The van der Waals surface area contributed by atoms with E-state index in [-0.39, 0.29) is 30.3 Å². The van der Waals surface area contributed by atoms with Gasteiger partial charge in [0.1, 0.15) is 5.54 Å². The van der Waals surface area contributed by atoms with Gasteiger partial charge in [0.2, 0.25) is 5.91 Å². The Morgan fingerprint density at radius 2 is 1.90 bits per heavy atom. The summed E-state index contributed by atoms with van der Waals surface area (Å²) in [6.45, 7) is 6.54. The van der Waals surface area contributed by atoms with Gasteiger partial charge in [-0.25, -0.2) is 4.68 Å². The number of piperidine rings is 1. The molecule has 2 amide bonds. The second-order valence-electron chi connectivity index (χ2n) is 8.16. The fraction of sp³-hybridized carbons (Fsp3) is 0.800. The number of rotatable bonds is 7. The Bertz CT molecular complexity index is 681. The topological polar surface area (TPSA) is 101 Å². The van der Waals surface area contributed by atoms with Crippen LogP contribution in [0.25, 0.3) is 0 Å². The molecule has 9 heteroatoms. The van der Waals surface area contributed by atoms with Crippen molar-refractivity contribution in [2.24, 2.45) is 0 Å². The molecule has 0 spiro atoms. The standard InChI is InChI=1S/C20H34N6O2.ClH/c1-3-4-12-22-19(28)20(10-6-5-7-11-20)23-18(27)17-15(2)26(25-24-17)16-8-13-21-14-9-16;/h16,21H,3-14H2,1-2H3,(H,22,28)(H,23,27);1H. The van der Waals surface area contributed by atoms with Crippen molar-refractivity contribution < 1.29 is 9.59 Å². The average Bonchev–Trinajstić information content (AvgIpc) is 3.11. The summed E-state index contributed by atoms with van der Waals surface area (Å²) in [5.74, 6) is -0.345. The predicted molar refractivity (Wildman–Crippen MR) is 114 cm³/mol. The van der Waals surface area contributed by atoms with Crippen molar-refractivity contribution in [3.8, 4) is 0 Å². The molecule has 1 aromatic heterocycles. The van der Waals surface area contributed by atoms with Crippen LogP contribution < -0.4 is 16.0 Å². The van der Waals surface area contributed by atoms with Gasteiger partial charge in [0.05, 0.1) is 11.7 Å². The van der Waals surface area contributed by atoms with Gasteiger partial charge >= 0.3 is 0 Å². The number of carbonyl (C=O) groups is 2. The Kier molecular flexibility index (Phi) is 8.89. The number of hydrogen-bond donors (Lipinski definition) is 3. The molecular weight excluding hydrogens is 392 g/mol. The molecule has 29 heavy (non-hydrogen) atoms. The molecule has 1 aliphatic heterocycles. The Labute approximate surface area is 179 Å². The Morgan fingerprint density at radius 3 is 2.55 bits per heavy atom. The largest absolute Gasteiger partial charge is 0.354 e. The van der Waals surface area contributed by atoms with E-state index in [0.29, 0.717) is 25.1 Å². The highest BCUT2D eigenvalue weighted by atomic mass is 35.5. The SMILES string of the molecule is CCCCNC(=O)C1(NC(=O)c2nnn(C3CCNCC3)c2C)CCCCC1.Cl. The van der Waals surface area contributed by atoms with Crippen LogP contribution in [0, 0.1) is 6.92 Å². The molecule has 1 saturated heterocycles. The first kappa shape index (κ1) is 23.6. The van der Waals surface area contributed by atoms with Crippen molar-refractivity contribution >= 4 is 24.2 Å². The molecule has 2 heterocycles. The molecule has 3 rings (SSSR count). The lowest BCUT2D eigenvalue weighted by Crippen LogP contribution is -2.60. The van der Waals surface area contributed by atoms with E-state index in [0.717, 1.165) is 63.7 Å². The number of hydrogen-bond acceptors (Lipinski definition) is 5. The van der Waals surface area contributed by atoms with Gasteiger partial charge in [0, 0.05) is 6.54 Å². The maximum absolute atomic E-state index is 13.1. The van der Waals surface area contributed by atoms with Crippen LogP contribution in [0.3, 0.4) is 0 Å². The normalized spacial score (nSPS) is 19.2. The molecule has 3 N–H and O–H groups in total. The molecule has 8 nitrogen and oxygen atoms in total. The molecule has 1 aromatic rings. The summed E-state index contributed by atoms with van der Waals surface area (Å²) in [4.78, 5) is 26.0. The quantitative estimate of drug-likeness (QED) is 0.580. The van der Waals surface area contributed by atoms with Crippen LogP contribution >= 0.6 is 12.4 Å². The molecule has 2 fully saturated rings. The van der Waals surface area contributed by atoms with Gasteiger partial charge in [0.15, 0.2) is 5.69 Å². The average molecular weight is 427 g/mol. The summed E-state index contributed by atoms with van der Waals surface area (Å²) in [6, 6.07) is 0.274. The first-order valence-electron chi connectivity index (χ1n) is 10.8. The van der Waals surface area contributed by atoms with E-state index < -0.39 is 5.54 Å². The monoisotopic (exact) mass is 426 g/mol. The van der Waals surface area contributed by atoms with Crippen molar-refractivity contribution in [3.05, 3.63) is 11.4 Å². The molecule has 0 atom stereocenters. The van der Waals surface area contributed by atoms with Crippen LogP contribution in [0.2, 0.25) is 0 Å². The lowest BCUT2D eigenvalue weighted by molar-refractivity contribution is -0.128. The third kappa shape index (κ3) is 5.48. The Hall–Kier alpha value is -1.67. The minimum atomic E-state index is -0.825. The number of nitrogens with zero attached hydrogens (tertiary/aromatic N) is 3. The van der Waals surface area contributed by atoms with Gasteiger partial charge in [0.25, 0.3) is 5.91 Å². The predicted octanol–water partition coefficient (Wildman–Crippen LogP) is 2.28. The number of aromatic nitrogens is 3. The van der Waals surface area contributed by atoms with Gasteiger partial charge in [-0.1, -0.05) is 37.8 Å². The van der Waals surface area contributed by atoms with E-state index in [1.807, 2.05) is 11.6 Å². The lowest BCUT2D eigenvalue weighted by atomic mass is 9.80. The summed E-state index contributed by atoms with van der Waals surface area (Å²) < 4.78 is 1.88. The molecule has 0 radical (unpaired) electrons. The number of unbranched alkanes of at least 4 members (excludes halogenated alkanes) is 1. The van der Waals surface area contributed by atoms with Gasteiger partial charge < -0.3 is 16.0 Å². The number of halogens is 1. The van der Waals surface area contributed by atoms with Crippen molar-refractivity contribution in [1.82, 2.24) is 30.9 Å². The molecule has 0 aromatic carbocycles. The van der Waals surface area contributed by atoms with Crippen molar-refractivity contribution in [2.75, 3.05) is 19.6 Å². The van der Waals surface area contributed by atoms with Gasteiger partial charge in [-0.2, -0.15) is 0 Å². The van der Waals surface area contributed by atoms with Crippen LogP contribution in [0.15, 0.2) is 0 Å². The van der Waals surface area contributed by atoms with Crippen molar-refractivity contribution in [1.29, 1.82) is 0 Å². The van der Waals surface area contributed by atoms with Crippen LogP contribution in [-0.2, 0) is 4.79 Å². The van der Waals surface area contributed by atoms with Crippen molar-refractivity contribution in [3.63, 3.8) is 0 Å². The number of carbonyl (C=O) groups excluding carboxylic acids is 2. The third-order valence-corrected chi connectivity index (χ3v) is 6.11. The third-order valence-electron chi connectivity index (χ3n) is 6.11. The molecular formula is C20H35ClN6O2. The smallest absolute Gasteiger partial charge is 0.274 e. The zero-order valence-electron chi connectivity index (χ0n) is 17.6. The first-order chi connectivity index (χ1) is 13.6. The van der Waals surface area contributed by atoms with E-state index >= 15 is 0 Å². The van der Waals surface area contributed by atoms with E-state index in [1.54, 1.807) is 0 Å². The fourth-order valence-corrected chi connectivity index (χ4v) is 4.34. The van der Waals surface area contributed by atoms with Crippen LogP contribution in [0.1, 0.15) is 86.9 Å². The minimum absolute atomic E-state index is 0. The van der Waals surface area contributed by atoms with E-state index in [4.69, 9.17) is 0 Å². The number of nitrogens with one attached hydrogen (secondary N) is 3. The summed E-state index contributed by atoms with van der Waals surface area (Å²) in [7, 11) is 0. The molecule has 2 aliphatic rings. The molecule has 1 saturated carbocycles. The lowest BCUT2D eigenvalue weighted by Gasteiger charge is -2.36. The molecule has 164 valence electrons. The maximum atomic E-state index is 13.1. The highest BCUT2D eigenvalue weighted by Gasteiger charge is 2.41. The summed E-state index contributed by atoms with van der Waals surface area (Å²) >= 11 is 0. The van der Waals surface area contributed by atoms with Gasteiger partial charge in [-0.3, -0.25) is 9.59 Å². The van der Waals surface area contributed by atoms with Crippen molar-refractivity contribution in [2.45, 2.75) is 83.2 Å². The van der Waals surface area contributed by atoms with E-state index in [1.165, 1.54) is 0 Å². The van der Waals surface area contributed by atoms with Crippen LogP contribution in [-0.4, -0.2) is 52.0 Å². The summed E-state index contributed by atoms with van der Waals surface area (Å²) in [6.07, 6.45) is 8.29. The zero-order chi connectivity index (χ0) is 20.0. The zero-order valence-corrected chi connectivity index (χ0v) is 18.4. The molecule has 0 unspecified atom stereocenters. The van der Waals surface area contributed by atoms with Crippen LogP contribution in [0.5, 0.6) is 0 Å². The number of amides is 2. The highest BCUT2D eigenvalue weighted by Crippen LogP contribution is 2.29. The maximum Gasteiger partial charge on any atom is 0.274 e. The van der Waals surface area contributed by atoms with E-state index in [9.17, 15) is 9.59 Å². The second kappa shape index (κ2) is 10.9. The second-order valence-corrected chi connectivity index (χ2v) is 8.16. The van der Waals surface area contributed by atoms with Gasteiger partial charge in [-0.15, -0.1) is 17.5 Å². The summed E-state index contributed by atoms with van der Waals surface area (Å²) in [5, 5.41) is 17.8. The molecule has 0 bridgehead atoms.